The minimum Gasteiger partial charge on any atom is -0.461 e. The average Bonchev–Trinajstić information content (AvgIpc) is 3.87. The van der Waals surface area contributed by atoms with E-state index in [2.05, 4.69) is 57.0 Å². The zero-order chi connectivity index (χ0) is 49.8. The number of nitrogens with one attached hydrogen (secondary N) is 1. The molecule has 10 heteroatoms. The summed E-state index contributed by atoms with van der Waals surface area (Å²) in [5.41, 5.74) is 2.98. The Morgan fingerprint density at radius 3 is 1.52 bits per heavy atom. The number of alkyl carbamates (subject to hydrolysis) is 1. The first-order valence-electron chi connectivity index (χ1n) is 29.1. The number of amides is 1. The topological polar surface area (TPSA) is 113 Å². The molecule has 0 saturated carbocycles. The van der Waals surface area contributed by atoms with E-state index < -0.39 is 12.4 Å². The van der Waals surface area contributed by atoms with Gasteiger partial charge in [-0.3, -0.25) is 9.59 Å². The number of hydrogen-bond acceptors (Lipinski definition) is 9. The number of likely N-dealkylation sites (tertiary alicyclic amines) is 1. The SMILES string of the molecule is CCCCCCCCOC(CCC(=O)OCc1cc(CCCC(CCCCC)CCCCC)cc(COC(=O)CCC(CCCCCC)OC(=O)NCCN2CCCC2)c1)OCCCCCCCC. The van der Waals surface area contributed by atoms with Crippen LogP contribution in [0.15, 0.2) is 18.2 Å². The van der Waals surface area contributed by atoms with Gasteiger partial charge >= 0.3 is 18.0 Å². The van der Waals surface area contributed by atoms with Gasteiger partial charge in [0.15, 0.2) is 6.29 Å². The number of esters is 2. The lowest BCUT2D eigenvalue weighted by atomic mass is 9.89. The van der Waals surface area contributed by atoms with Gasteiger partial charge in [0.05, 0.1) is 6.42 Å². The molecule has 1 aliphatic rings. The molecule has 1 fully saturated rings. The molecule has 1 aromatic rings. The van der Waals surface area contributed by atoms with Gasteiger partial charge < -0.3 is 33.9 Å². The maximum Gasteiger partial charge on any atom is 0.407 e. The third-order valence-corrected chi connectivity index (χ3v) is 13.8. The van der Waals surface area contributed by atoms with Crippen LogP contribution in [-0.2, 0) is 52.9 Å². The van der Waals surface area contributed by atoms with Crippen molar-refractivity contribution in [3.05, 3.63) is 34.9 Å². The van der Waals surface area contributed by atoms with Crippen LogP contribution in [0, 0.1) is 5.92 Å². The number of ether oxygens (including phenoxy) is 5. The first-order valence-corrected chi connectivity index (χ1v) is 29.1. The number of hydrogen-bond donors (Lipinski definition) is 1. The van der Waals surface area contributed by atoms with Crippen molar-refractivity contribution in [2.24, 2.45) is 5.92 Å². The molecule has 1 N–H and O–H groups in total. The van der Waals surface area contributed by atoms with Crippen molar-refractivity contribution in [2.45, 2.75) is 279 Å². The molecule has 10 nitrogen and oxygen atoms in total. The van der Waals surface area contributed by atoms with Crippen LogP contribution in [0.1, 0.15) is 263 Å². The molecule has 0 radical (unpaired) electrons. The van der Waals surface area contributed by atoms with Crippen molar-refractivity contribution in [1.29, 1.82) is 0 Å². The smallest absolute Gasteiger partial charge is 0.407 e. The largest absolute Gasteiger partial charge is 0.461 e. The van der Waals surface area contributed by atoms with E-state index in [1.807, 2.05) is 6.07 Å². The van der Waals surface area contributed by atoms with Gasteiger partial charge in [-0.25, -0.2) is 4.79 Å². The van der Waals surface area contributed by atoms with Gasteiger partial charge in [-0.05, 0) is 99.6 Å². The lowest BCUT2D eigenvalue weighted by Crippen LogP contribution is -2.35. The van der Waals surface area contributed by atoms with Crippen molar-refractivity contribution in [1.82, 2.24) is 10.2 Å². The van der Waals surface area contributed by atoms with Crippen LogP contribution in [0.4, 0.5) is 4.79 Å². The number of rotatable bonds is 47. The van der Waals surface area contributed by atoms with Gasteiger partial charge in [-0.2, -0.15) is 0 Å². The number of nitrogens with zero attached hydrogens (tertiary/aromatic N) is 1. The monoisotopic (exact) mass is 971 g/mol. The summed E-state index contributed by atoms with van der Waals surface area (Å²) in [5, 5.41) is 2.93. The highest BCUT2D eigenvalue weighted by Gasteiger charge is 2.19. The molecule has 1 amide bonds. The van der Waals surface area contributed by atoms with Crippen molar-refractivity contribution in [3.63, 3.8) is 0 Å². The van der Waals surface area contributed by atoms with E-state index in [1.165, 1.54) is 128 Å². The highest BCUT2D eigenvalue weighted by Crippen LogP contribution is 2.25. The van der Waals surface area contributed by atoms with Gasteiger partial charge in [0.25, 0.3) is 0 Å². The predicted octanol–water partition coefficient (Wildman–Crippen LogP) is 15.7. The maximum absolute atomic E-state index is 13.3. The molecule has 1 heterocycles. The van der Waals surface area contributed by atoms with Crippen LogP contribution in [-0.4, -0.2) is 74.7 Å². The normalized spacial score (nSPS) is 13.4. The molecule has 1 aliphatic heterocycles. The standard InChI is InChI=1S/C59H106N2O8/c1-6-11-16-19-21-28-44-65-58(66-45-29-22-20-17-12-7-2)39-38-57(63)68-50-54-47-52(34-30-33-51(31-23-14-9-4)32-24-15-10-5)46-53(48-54)49-67-56(62)37-36-55(35-25-18-13-8-3)69-59(64)60-40-43-61-41-26-27-42-61/h46-48,51,55,58H,6-45,49-50H2,1-5H3,(H,60,64). The maximum atomic E-state index is 13.3. The van der Waals surface area contributed by atoms with Crippen molar-refractivity contribution < 1.29 is 38.1 Å². The van der Waals surface area contributed by atoms with Gasteiger partial charge in [-0.1, -0.05) is 188 Å². The lowest BCUT2D eigenvalue weighted by Gasteiger charge is -2.19. The summed E-state index contributed by atoms with van der Waals surface area (Å²) in [6, 6.07) is 6.32. The molecule has 1 unspecified atom stereocenters. The number of carbonyl (C=O) groups is 3. The minimum absolute atomic E-state index is 0.136. The summed E-state index contributed by atoms with van der Waals surface area (Å²) < 4.78 is 30.1. The number of benzene rings is 1. The molecule has 0 spiro atoms. The first kappa shape index (κ1) is 62.4. The van der Waals surface area contributed by atoms with E-state index in [4.69, 9.17) is 23.7 Å². The van der Waals surface area contributed by atoms with E-state index in [9.17, 15) is 14.4 Å². The summed E-state index contributed by atoms with van der Waals surface area (Å²) in [6.07, 6.45) is 35.5. The predicted molar refractivity (Wildman–Crippen MR) is 284 cm³/mol. The molecular formula is C59H106N2O8. The Morgan fingerprint density at radius 2 is 0.971 bits per heavy atom. The molecule has 0 aliphatic carbocycles. The van der Waals surface area contributed by atoms with E-state index in [-0.39, 0.29) is 44.1 Å². The van der Waals surface area contributed by atoms with E-state index >= 15 is 0 Å². The Kier molecular flexibility index (Phi) is 39.9. The Labute approximate surface area is 423 Å². The third kappa shape index (κ3) is 35.1. The Morgan fingerprint density at radius 1 is 0.522 bits per heavy atom. The van der Waals surface area contributed by atoms with Gasteiger partial charge in [0, 0.05) is 39.1 Å². The zero-order valence-electron chi connectivity index (χ0n) is 45.4. The first-order chi connectivity index (χ1) is 33.8. The van der Waals surface area contributed by atoms with Gasteiger partial charge in [0.2, 0.25) is 0 Å². The van der Waals surface area contributed by atoms with E-state index in [0.717, 1.165) is 107 Å². The molecule has 2 rings (SSSR count). The number of unbranched alkanes of at least 4 members (excludes halogenated alkanes) is 17. The fourth-order valence-electron chi connectivity index (χ4n) is 9.52. The summed E-state index contributed by atoms with van der Waals surface area (Å²) in [7, 11) is 0. The Hall–Kier alpha value is -2.69. The number of carbonyl (C=O) groups excluding carboxylic acids is 3. The zero-order valence-corrected chi connectivity index (χ0v) is 45.4. The molecule has 1 atom stereocenters. The van der Waals surface area contributed by atoms with Crippen LogP contribution in [0.25, 0.3) is 0 Å². The van der Waals surface area contributed by atoms with Crippen LogP contribution in [0.2, 0.25) is 0 Å². The van der Waals surface area contributed by atoms with Crippen LogP contribution in [0.5, 0.6) is 0 Å². The van der Waals surface area contributed by atoms with Gasteiger partial charge in [-0.15, -0.1) is 0 Å². The second-order valence-electron chi connectivity index (χ2n) is 20.4. The van der Waals surface area contributed by atoms with E-state index in [0.29, 0.717) is 32.6 Å². The molecule has 0 aromatic heterocycles. The molecule has 400 valence electrons. The summed E-state index contributed by atoms with van der Waals surface area (Å²) in [6.45, 7) is 16.4. The average molecular weight is 972 g/mol. The Bertz CT molecular complexity index is 1360. The summed E-state index contributed by atoms with van der Waals surface area (Å²) in [5.74, 6) is 0.180. The summed E-state index contributed by atoms with van der Waals surface area (Å²) in [4.78, 5) is 41.7. The molecule has 1 aromatic carbocycles. The summed E-state index contributed by atoms with van der Waals surface area (Å²) >= 11 is 0. The second-order valence-corrected chi connectivity index (χ2v) is 20.4. The van der Waals surface area contributed by atoms with Crippen LogP contribution >= 0.6 is 0 Å². The molecule has 69 heavy (non-hydrogen) atoms. The highest BCUT2D eigenvalue weighted by atomic mass is 16.7. The van der Waals surface area contributed by atoms with Crippen LogP contribution < -0.4 is 5.32 Å². The van der Waals surface area contributed by atoms with Crippen molar-refractivity contribution >= 4 is 18.0 Å². The fourth-order valence-corrected chi connectivity index (χ4v) is 9.52. The lowest BCUT2D eigenvalue weighted by molar-refractivity contribution is -0.160. The van der Waals surface area contributed by atoms with Crippen molar-refractivity contribution in [3.8, 4) is 0 Å². The van der Waals surface area contributed by atoms with Crippen LogP contribution in [0.3, 0.4) is 0 Å². The third-order valence-electron chi connectivity index (χ3n) is 13.8. The van der Waals surface area contributed by atoms with Crippen molar-refractivity contribution in [2.75, 3.05) is 39.4 Å². The van der Waals surface area contributed by atoms with E-state index in [1.54, 1.807) is 0 Å². The quantitative estimate of drug-likeness (QED) is 0.0295. The fraction of sp³-hybridized carbons (Fsp3) is 0.847. The Balaban J connectivity index is 2.06. The number of aryl methyl sites for hydroxylation is 1. The molecule has 0 bridgehead atoms. The molecular weight excluding hydrogens is 865 g/mol. The highest BCUT2D eigenvalue weighted by molar-refractivity contribution is 5.70. The second kappa shape index (κ2) is 44.0. The molecule has 1 saturated heterocycles. The minimum atomic E-state index is -0.411. The van der Waals surface area contributed by atoms with Gasteiger partial charge in [0.1, 0.15) is 19.3 Å².